The summed E-state index contributed by atoms with van der Waals surface area (Å²) in [7, 11) is 0. The molecule has 0 saturated heterocycles. The Morgan fingerprint density at radius 3 is 2.33 bits per heavy atom. The second-order valence-electron chi connectivity index (χ2n) is 5.66. The molecule has 1 heterocycles. The molecule has 3 N–H and O–H groups in total. The molecule has 24 heavy (non-hydrogen) atoms. The van der Waals surface area contributed by atoms with Gasteiger partial charge in [-0.2, -0.15) is 5.10 Å². The number of nitrogens with one attached hydrogen (secondary N) is 3. The number of carbonyl (C=O) groups excluding carboxylic acids is 1. The van der Waals surface area contributed by atoms with Crippen LogP contribution in [0.25, 0.3) is 0 Å². The van der Waals surface area contributed by atoms with Crippen LogP contribution in [0, 0.1) is 0 Å². The molecule has 2 aromatic rings. The fraction of sp³-hybridized carbons (Fsp3) is 0.158. The van der Waals surface area contributed by atoms with Gasteiger partial charge in [0.25, 0.3) is 0 Å². The van der Waals surface area contributed by atoms with E-state index in [0.29, 0.717) is 0 Å². The fourth-order valence-corrected chi connectivity index (χ4v) is 2.79. The van der Waals surface area contributed by atoms with Crippen molar-refractivity contribution in [2.45, 2.75) is 19.9 Å². The molecule has 122 valence electrons. The van der Waals surface area contributed by atoms with Gasteiger partial charge in [-0.25, -0.2) is 4.79 Å². The van der Waals surface area contributed by atoms with Crippen molar-refractivity contribution < 1.29 is 4.79 Å². The zero-order valence-electron chi connectivity index (χ0n) is 13.7. The molecule has 2 amide bonds. The van der Waals surface area contributed by atoms with Crippen LogP contribution in [-0.4, -0.2) is 11.7 Å². The molecule has 5 nitrogen and oxygen atoms in total. The number of hydrogen-bond donors (Lipinski definition) is 3. The van der Waals surface area contributed by atoms with E-state index in [0.717, 1.165) is 28.2 Å². The van der Waals surface area contributed by atoms with Gasteiger partial charge in [-0.15, -0.1) is 0 Å². The van der Waals surface area contributed by atoms with Gasteiger partial charge < -0.3 is 10.6 Å². The highest BCUT2D eigenvalue weighted by Crippen LogP contribution is 2.27. The molecule has 3 rings (SSSR count). The average Bonchev–Trinajstić information content (AvgIpc) is 2.60. The number of anilines is 1. The van der Waals surface area contributed by atoms with Gasteiger partial charge in [-0.1, -0.05) is 48.5 Å². The van der Waals surface area contributed by atoms with Crippen LogP contribution in [0.3, 0.4) is 0 Å². The number of hydrogen-bond acceptors (Lipinski definition) is 3. The Hall–Kier alpha value is -3.08. The van der Waals surface area contributed by atoms with Crippen LogP contribution in [0.15, 0.2) is 77.0 Å². The summed E-state index contributed by atoms with van der Waals surface area (Å²) in [4.78, 5) is 11.9. The molecule has 5 heteroatoms. The Morgan fingerprint density at radius 2 is 1.67 bits per heavy atom. The molecule has 2 aromatic carbocycles. The number of allylic oxidation sites excluding steroid dienone is 1. The van der Waals surface area contributed by atoms with Crippen LogP contribution in [-0.2, 0) is 0 Å². The van der Waals surface area contributed by atoms with Gasteiger partial charge in [0.1, 0.15) is 0 Å². The van der Waals surface area contributed by atoms with E-state index < -0.39 is 0 Å². The van der Waals surface area contributed by atoms with Gasteiger partial charge in [0, 0.05) is 11.3 Å². The van der Waals surface area contributed by atoms with Crippen LogP contribution in [0.5, 0.6) is 0 Å². The standard InChI is InChI=1S/C19H20N4O/c1-13-17(14(2)22-23-16-11-7-4-8-12-16)18(21-19(24)20-13)15-9-5-3-6-10-15/h3-12,18,23H,1-2H3,(H2,20,21,24)/b22-14+/t18-/m0/s1. The zero-order valence-corrected chi connectivity index (χ0v) is 13.7. The molecular formula is C19H20N4O. The first-order valence-corrected chi connectivity index (χ1v) is 7.84. The van der Waals surface area contributed by atoms with Gasteiger partial charge >= 0.3 is 6.03 Å². The second kappa shape index (κ2) is 7.00. The number of para-hydroxylation sites is 1. The highest BCUT2D eigenvalue weighted by atomic mass is 16.2. The Kier molecular flexibility index (Phi) is 4.61. The summed E-state index contributed by atoms with van der Waals surface area (Å²) >= 11 is 0. The molecule has 0 bridgehead atoms. The minimum absolute atomic E-state index is 0.200. The number of hydrazone groups is 1. The monoisotopic (exact) mass is 320 g/mol. The molecule has 0 unspecified atom stereocenters. The van der Waals surface area contributed by atoms with Crippen molar-refractivity contribution in [3.63, 3.8) is 0 Å². The topological polar surface area (TPSA) is 65.5 Å². The number of amides is 2. The SMILES string of the molecule is CC1=C(/C(C)=N/Nc2ccccc2)[C@H](c2ccccc2)NC(=O)N1. The second-order valence-corrected chi connectivity index (χ2v) is 5.66. The normalized spacial score (nSPS) is 18.0. The lowest BCUT2D eigenvalue weighted by atomic mass is 9.93. The van der Waals surface area contributed by atoms with E-state index in [1.165, 1.54) is 0 Å². The Bertz CT molecular complexity index is 782. The number of carbonyl (C=O) groups is 1. The maximum atomic E-state index is 11.9. The van der Waals surface area contributed by atoms with Gasteiger partial charge in [-0.05, 0) is 31.5 Å². The molecule has 0 aliphatic carbocycles. The number of nitrogens with zero attached hydrogens (tertiary/aromatic N) is 1. The van der Waals surface area contributed by atoms with Crippen molar-refractivity contribution in [1.29, 1.82) is 0 Å². The van der Waals surface area contributed by atoms with E-state index in [2.05, 4.69) is 21.2 Å². The Morgan fingerprint density at radius 1 is 1.04 bits per heavy atom. The Labute approximate surface area is 141 Å². The molecular weight excluding hydrogens is 300 g/mol. The third kappa shape index (κ3) is 3.46. The van der Waals surface area contributed by atoms with E-state index in [9.17, 15) is 4.79 Å². The van der Waals surface area contributed by atoms with Gasteiger partial charge in [0.2, 0.25) is 0 Å². The third-order valence-corrected chi connectivity index (χ3v) is 3.92. The molecule has 0 saturated carbocycles. The van der Waals surface area contributed by atoms with Crippen LogP contribution in [0.1, 0.15) is 25.5 Å². The molecule has 0 aromatic heterocycles. The maximum Gasteiger partial charge on any atom is 0.319 e. The first-order chi connectivity index (χ1) is 11.6. The highest BCUT2D eigenvalue weighted by molar-refractivity contribution is 6.02. The van der Waals surface area contributed by atoms with Crippen molar-refractivity contribution in [3.8, 4) is 0 Å². The summed E-state index contributed by atoms with van der Waals surface area (Å²) in [5.74, 6) is 0. The van der Waals surface area contributed by atoms with Crippen LogP contribution in [0.2, 0.25) is 0 Å². The minimum atomic E-state index is -0.221. The van der Waals surface area contributed by atoms with E-state index in [1.807, 2.05) is 74.5 Å². The van der Waals surface area contributed by atoms with Crippen LogP contribution in [0.4, 0.5) is 10.5 Å². The molecule has 1 aliphatic rings. The summed E-state index contributed by atoms with van der Waals surface area (Å²) < 4.78 is 0. The summed E-state index contributed by atoms with van der Waals surface area (Å²) in [6.45, 7) is 3.83. The first kappa shape index (κ1) is 15.8. The average molecular weight is 320 g/mol. The number of rotatable bonds is 4. The summed E-state index contributed by atoms with van der Waals surface area (Å²) in [6, 6.07) is 19.2. The van der Waals surface area contributed by atoms with Crippen LogP contribution < -0.4 is 16.1 Å². The lowest BCUT2D eigenvalue weighted by Gasteiger charge is -2.29. The molecule has 0 fully saturated rings. The van der Waals surface area contributed by atoms with Gasteiger partial charge in [-0.3, -0.25) is 5.43 Å². The summed E-state index contributed by atoms with van der Waals surface area (Å²) in [6.07, 6.45) is 0. The predicted molar refractivity (Wildman–Crippen MR) is 96.7 cm³/mol. The number of benzene rings is 2. The molecule has 0 radical (unpaired) electrons. The van der Waals surface area contributed by atoms with Crippen molar-refractivity contribution in [1.82, 2.24) is 10.6 Å². The lowest BCUT2D eigenvalue weighted by Crippen LogP contribution is -2.44. The predicted octanol–water partition coefficient (Wildman–Crippen LogP) is 3.80. The molecule has 0 spiro atoms. The number of urea groups is 1. The smallest absolute Gasteiger partial charge is 0.319 e. The maximum absolute atomic E-state index is 11.9. The van der Waals surface area contributed by atoms with E-state index in [-0.39, 0.29) is 12.1 Å². The Balaban J connectivity index is 1.92. The largest absolute Gasteiger partial charge is 0.327 e. The van der Waals surface area contributed by atoms with E-state index in [1.54, 1.807) is 0 Å². The molecule has 1 aliphatic heterocycles. The van der Waals surface area contributed by atoms with Crippen LogP contribution >= 0.6 is 0 Å². The summed E-state index contributed by atoms with van der Waals surface area (Å²) in [5, 5.41) is 10.3. The van der Waals surface area contributed by atoms with Crippen molar-refractivity contribution in [2.24, 2.45) is 5.10 Å². The van der Waals surface area contributed by atoms with Gasteiger partial charge in [0.05, 0.1) is 17.4 Å². The quantitative estimate of drug-likeness (QED) is 0.592. The van der Waals surface area contributed by atoms with E-state index in [4.69, 9.17) is 0 Å². The van der Waals surface area contributed by atoms with Crippen molar-refractivity contribution in [2.75, 3.05) is 5.43 Å². The van der Waals surface area contributed by atoms with E-state index >= 15 is 0 Å². The highest BCUT2D eigenvalue weighted by Gasteiger charge is 2.28. The fourth-order valence-electron chi connectivity index (χ4n) is 2.79. The zero-order chi connectivity index (χ0) is 16.9. The third-order valence-electron chi connectivity index (χ3n) is 3.92. The minimum Gasteiger partial charge on any atom is -0.327 e. The van der Waals surface area contributed by atoms with Crippen molar-refractivity contribution >= 4 is 17.4 Å². The molecule has 1 atom stereocenters. The lowest BCUT2D eigenvalue weighted by molar-refractivity contribution is 0.239. The van der Waals surface area contributed by atoms with Crippen molar-refractivity contribution in [3.05, 3.63) is 77.5 Å². The summed E-state index contributed by atoms with van der Waals surface area (Å²) in [5.41, 5.74) is 7.59. The first-order valence-electron chi connectivity index (χ1n) is 7.84. The van der Waals surface area contributed by atoms with Gasteiger partial charge in [0.15, 0.2) is 0 Å².